The molecule has 0 aromatic heterocycles. The molecule has 3 unspecified atom stereocenters. The number of para-hydroxylation sites is 1. The Morgan fingerprint density at radius 1 is 1.11 bits per heavy atom. The first kappa shape index (κ1) is 13.4. The van der Waals surface area contributed by atoms with Crippen LogP contribution in [0.4, 0.5) is 0 Å². The van der Waals surface area contributed by atoms with Crippen molar-refractivity contribution in [3.05, 3.63) is 30.3 Å². The molecule has 0 aliphatic heterocycles. The van der Waals surface area contributed by atoms with E-state index in [9.17, 15) is 5.11 Å². The number of rotatable bonds is 4. The Bertz CT molecular complexity index is 339. The molecule has 100 valence electrons. The molecule has 1 aromatic carbocycles. The first-order valence-electron chi connectivity index (χ1n) is 7.01. The maximum Gasteiger partial charge on any atom is 0.119 e. The zero-order chi connectivity index (χ0) is 13.0. The summed E-state index contributed by atoms with van der Waals surface area (Å²) in [6.07, 6.45) is 3.21. The standard InChI is InChI=1S/C16H24O2/c1-12-8-13(2)10-14(9-12)16(17)11-18-15-6-4-3-5-7-15/h3-7,12-14,16-17H,8-11H2,1-2H3. The van der Waals surface area contributed by atoms with Gasteiger partial charge in [0.1, 0.15) is 12.4 Å². The van der Waals surface area contributed by atoms with Crippen molar-refractivity contribution in [3.63, 3.8) is 0 Å². The Kier molecular flexibility index (Phi) is 4.65. The lowest BCUT2D eigenvalue weighted by Gasteiger charge is -2.34. The molecule has 2 rings (SSSR count). The predicted octanol–water partition coefficient (Wildman–Crippen LogP) is 3.50. The molecule has 1 saturated carbocycles. The van der Waals surface area contributed by atoms with Gasteiger partial charge in [-0.15, -0.1) is 0 Å². The minimum Gasteiger partial charge on any atom is -0.491 e. The number of benzene rings is 1. The maximum absolute atomic E-state index is 10.2. The Labute approximate surface area is 110 Å². The zero-order valence-electron chi connectivity index (χ0n) is 11.4. The minimum absolute atomic E-state index is 0.338. The molecular formula is C16H24O2. The lowest BCUT2D eigenvalue weighted by molar-refractivity contribution is 0.0215. The van der Waals surface area contributed by atoms with E-state index < -0.39 is 0 Å². The minimum atomic E-state index is -0.338. The van der Waals surface area contributed by atoms with Crippen LogP contribution in [0.1, 0.15) is 33.1 Å². The van der Waals surface area contributed by atoms with Gasteiger partial charge >= 0.3 is 0 Å². The fourth-order valence-electron chi connectivity index (χ4n) is 3.16. The summed E-state index contributed by atoms with van der Waals surface area (Å²) in [6, 6.07) is 9.73. The smallest absolute Gasteiger partial charge is 0.119 e. The van der Waals surface area contributed by atoms with Gasteiger partial charge in [0.15, 0.2) is 0 Å². The molecular weight excluding hydrogens is 224 g/mol. The van der Waals surface area contributed by atoms with Gasteiger partial charge in [-0.2, -0.15) is 0 Å². The topological polar surface area (TPSA) is 29.5 Å². The van der Waals surface area contributed by atoms with Crippen molar-refractivity contribution in [2.75, 3.05) is 6.61 Å². The van der Waals surface area contributed by atoms with E-state index in [4.69, 9.17) is 4.74 Å². The van der Waals surface area contributed by atoms with Crippen molar-refractivity contribution < 1.29 is 9.84 Å². The van der Waals surface area contributed by atoms with Crippen LogP contribution in [0.5, 0.6) is 5.75 Å². The molecule has 1 N–H and O–H groups in total. The Morgan fingerprint density at radius 2 is 1.72 bits per heavy atom. The van der Waals surface area contributed by atoms with E-state index in [1.165, 1.54) is 6.42 Å². The summed E-state index contributed by atoms with van der Waals surface area (Å²) in [4.78, 5) is 0. The summed E-state index contributed by atoms with van der Waals surface area (Å²) in [5.74, 6) is 2.69. The van der Waals surface area contributed by atoms with E-state index in [1.54, 1.807) is 0 Å². The average Bonchev–Trinajstić information content (AvgIpc) is 2.36. The van der Waals surface area contributed by atoms with Crippen molar-refractivity contribution >= 4 is 0 Å². The number of aliphatic hydroxyl groups excluding tert-OH is 1. The Balaban J connectivity index is 1.82. The van der Waals surface area contributed by atoms with Gasteiger partial charge in [-0.1, -0.05) is 32.0 Å². The van der Waals surface area contributed by atoms with Crippen LogP contribution in [-0.4, -0.2) is 17.8 Å². The molecule has 0 bridgehead atoms. The van der Waals surface area contributed by atoms with Crippen molar-refractivity contribution in [2.45, 2.75) is 39.2 Å². The van der Waals surface area contributed by atoms with Crippen molar-refractivity contribution in [1.29, 1.82) is 0 Å². The summed E-state index contributed by atoms with van der Waals surface area (Å²) >= 11 is 0. The highest BCUT2D eigenvalue weighted by Gasteiger charge is 2.29. The van der Waals surface area contributed by atoms with Crippen LogP contribution in [0.15, 0.2) is 30.3 Å². The number of hydrogen-bond donors (Lipinski definition) is 1. The highest BCUT2D eigenvalue weighted by atomic mass is 16.5. The van der Waals surface area contributed by atoms with Gasteiger partial charge in [-0.25, -0.2) is 0 Å². The molecule has 1 aromatic rings. The summed E-state index contributed by atoms with van der Waals surface area (Å²) in [5.41, 5.74) is 0. The van der Waals surface area contributed by atoms with Gasteiger partial charge in [0.25, 0.3) is 0 Å². The molecule has 0 radical (unpaired) electrons. The monoisotopic (exact) mass is 248 g/mol. The van der Waals surface area contributed by atoms with Crippen LogP contribution in [0.3, 0.4) is 0 Å². The maximum atomic E-state index is 10.2. The third-order valence-corrected chi connectivity index (χ3v) is 3.92. The highest BCUT2D eigenvalue weighted by Crippen LogP contribution is 2.34. The van der Waals surface area contributed by atoms with Gasteiger partial charge in [-0.05, 0) is 49.1 Å². The number of ether oxygens (including phenoxy) is 1. The fraction of sp³-hybridized carbons (Fsp3) is 0.625. The molecule has 2 heteroatoms. The second-order valence-corrected chi connectivity index (χ2v) is 5.87. The average molecular weight is 248 g/mol. The third kappa shape index (κ3) is 3.74. The molecule has 0 heterocycles. The number of hydrogen-bond acceptors (Lipinski definition) is 2. The zero-order valence-corrected chi connectivity index (χ0v) is 11.4. The summed E-state index contributed by atoms with van der Waals surface area (Å²) in [7, 11) is 0. The molecule has 1 aliphatic carbocycles. The highest BCUT2D eigenvalue weighted by molar-refractivity contribution is 5.20. The van der Waals surface area contributed by atoms with E-state index >= 15 is 0 Å². The van der Waals surface area contributed by atoms with Gasteiger partial charge in [0.05, 0.1) is 6.10 Å². The Hall–Kier alpha value is -1.02. The molecule has 2 nitrogen and oxygen atoms in total. The van der Waals surface area contributed by atoms with Gasteiger partial charge < -0.3 is 9.84 Å². The lowest BCUT2D eigenvalue weighted by Crippen LogP contribution is -2.33. The van der Waals surface area contributed by atoms with E-state index in [2.05, 4.69) is 13.8 Å². The molecule has 1 fully saturated rings. The van der Waals surface area contributed by atoms with E-state index in [0.717, 1.165) is 30.4 Å². The van der Waals surface area contributed by atoms with Crippen molar-refractivity contribution in [2.24, 2.45) is 17.8 Å². The van der Waals surface area contributed by atoms with Crippen LogP contribution >= 0.6 is 0 Å². The first-order valence-corrected chi connectivity index (χ1v) is 7.01. The van der Waals surface area contributed by atoms with Crippen LogP contribution in [0, 0.1) is 17.8 Å². The van der Waals surface area contributed by atoms with E-state index in [-0.39, 0.29) is 6.10 Å². The summed E-state index contributed by atoms with van der Waals surface area (Å²) in [5, 5.41) is 10.2. The molecule has 0 spiro atoms. The van der Waals surface area contributed by atoms with Gasteiger partial charge in [-0.3, -0.25) is 0 Å². The third-order valence-electron chi connectivity index (χ3n) is 3.92. The van der Waals surface area contributed by atoms with Gasteiger partial charge in [0, 0.05) is 0 Å². The molecule has 0 saturated heterocycles. The largest absolute Gasteiger partial charge is 0.491 e. The normalized spacial score (nSPS) is 29.8. The van der Waals surface area contributed by atoms with Gasteiger partial charge in [0.2, 0.25) is 0 Å². The quantitative estimate of drug-likeness (QED) is 0.883. The number of aliphatic hydroxyl groups is 1. The molecule has 1 aliphatic rings. The second kappa shape index (κ2) is 6.24. The van der Waals surface area contributed by atoms with Crippen LogP contribution in [0.2, 0.25) is 0 Å². The fourth-order valence-corrected chi connectivity index (χ4v) is 3.16. The van der Waals surface area contributed by atoms with Crippen LogP contribution in [-0.2, 0) is 0 Å². The van der Waals surface area contributed by atoms with E-state index in [1.807, 2.05) is 30.3 Å². The molecule has 18 heavy (non-hydrogen) atoms. The molecule has 3 atom stereocenters. The van der Waals surface area contributed by atoms with E-state index in [0.29, 0.717) is 12.5 Å². The summed E-state index contributed by atoms with van der Waals surface area (Å²) < 4.78 is 5.64. The predicted molar refractivity (Wildman–Crippen MR) is 73.6 cm³/mol. The lowest BCUT2D eigenvalue weighted by atomic mass is 9.74. The first-order chi connectivity index (χ1) is 8.65. The SMILES string of the molecule is CC1CC(C)CC(C(O)COc2ccccc2)C1. The van der Waals surface area contributed by atoms with Crippen molar-refractivity contribution in [3.8, 4) is 5.75 Å². The molecule has 0 amide bonds. The Morgan fingerprint density at radius 3 is 2.33 bits per heavy atom. The second-order valence-electron chi connectivity index (χ2n) is 5.87. The van der Waals surface area contributed by atoms with Crippen LogP contribution in [0.25, 0.3) is 0 Å². The van der Waals surface area contributed by atoms with Crippen LogP contribution < -0.4 is 4.74 Å². The van der Waals surface area contributed by atoms with Crippen molar-refractivity contribution in [1.82, 2.24) is 0 Å². The summed E-state index contributed by atoms with van der Waals surface area (Å²) in [6.45, 7) is 4.98.